The standard InChI is InChI=1S/C28H24ClN3O3/c1-31-15-16-32-24(17-20-11-5-6-12-21(20)22-13-7-8-14-23(22)29)30-27(33)26(25(32)28(31)34)35-18-19-9-3-2-4-10-19/h2-14H,15-18H2,1H3. The number of amides is 1. The van der Waals surface area contributed by atoms with Gasteiger partial charge in [-0.05, 0) is 22.8 Å². The Morgan fingerprint density at radius 1 is 0.886 bits per heavy atom. The van der Waals surface area contributed by atoms with E-state index in [2.05, 4.69) is 4.98 Å². The summed E-state index contributed by atoms with van der Waals surface area (Å²) in [4.78, 5) is 32.3. The van der Waals surface area contributed by atoms with Crippen molar-refractivity contribution < 1.29 is 9.53 Å². The molecule has 2 heterocycles. The number of benzene rings is 3. The summed E-state index contributed by atoms with van der Waals surface area (Å²) in [6.45, 7) is 1.22. The van der Waals surface area contributed by atoms with Gasteiger partial charge >= 0.3 is 5.56 Å². The number of ether oxygens (including phenoxy) is 1. The highest BCUT2D eigenvalue weighted by molar-refractivity contribution is 6.33. The molecule has 0 saturated heterocycles. The third-order valence-corrected chi connectivity index (χ3v) is 6.52. The van der Waals surface area contributed by atoms with Crippen LogP contribution in [0.4, 0.5) is 0 Å². The largest absolute Gasteiger partial charge is 0.481 e. The summed E-state index contributed by atoms with van der Waals surface area (Å²) in [5, 5.41) is 0.647. The van der Waals surface area contributed by atoms with E-state index < -0.39 is 5.56 Å². The summed E-state index contributed by atoms with van der Waals surface area (Å²) >= 11 is 6.48. The van der Waals surface area contributed by atoms with Crippen LogP contribution < -0.4 is 10.3 Å². The Bertz CT molecular complexity index is 1450. The van der Waals surface area contributed by atoms with Gasteiger partial charge in [0.25, 0.3) is 5.91 Å². The van der Waals surface area contributed by atoms with Crippen LogP contribution in [0.25, 0.3) is 11.1 Å². The van der Waals surface area contributed by atoms with E-state index in [4.69, 9.17) is 16.3 Å². The van der Waals surface area contributed by atoms with E-state index in [1.54, 1.807) is 11.9 Å². The number of fused-ring (bicyclic) bond motifs is 1. The fourth-order valence-electron chi connectivity index (χ4n) is 4.35. The van der Waals surface area contributed by atoms with Crippen molar-refractivity contribution in [2.75, 3.05) is 13.6 Å². The number of hydrogen-bond donors (Lipinski definition) is 0. The van der Waals surface area contributed by atoms with Crippen molar-refractivity contribution in [1.29, 1.82) is 0 Å². The van der Waals surface area contributed by atoms with Crippen LogP contribution in [0.1, 0.15) is 27.4 Å². The maximum absolute atomic E-state index is 13.2. The molecular formula is C28H24ClN3O3. The Morgan fingerprint density at radius 3 is 2.34 bits per heavy atom. The highest BCUT2D eigenvalue weighted by Crippen LogP contribution is 2.32. The van der Waals surface area contributed by atoms with Gasteiger partial charge in [-0.25, -0.2) is 0 Å². The van der Waals surface area contributed by atoms with Crippen LogP contribution in [0.15, 0.2) is 83.7 Å². The van der Waals surface area contributed by atoms with Crippen molar-refractivity contribution in [3.63, 3.8) is 0 Å². The number of rotatable bonds is 6. The summed E-state index contributed by atoms with van der Waals surface area (Å²) in [6.07, 6.45) is 0.375. The third kappa shape index (κ3) is 4.57. The van der Waals surface area contributed by atoms with E-state index >= 15 is 0 Å². The van der Waals surface area contributed by atoms with Crippen LogP contribution in [0.3, 0.4) is 0 Å². The molecule has 1 aromatic heterocycles. The van der Waals surface area contributed by atoms with Gasteiger partial charge in [0.1, 0.15) is 12.4 Å². The van der Waals surface area contributed by atoms with Crippen molar-refractivity contribution in [3.05, 3.63) is 117 Å². The zero-order valence-corrected chi connectivity index (χ0v) is 20.0. The Hall–Kier alpha value is -3.90. The molecule has 3 aromatic carbocycles. The average Bonchev–Trinajstić information content (AvgIpc) is 2.87. The van der Waals surface area contributed by atoms with Crippen molar-refractivity contribution in [2.45, 2.75) is 19.6 Å². The van der Waals surface area contributed by atoms with Crippen LogP contribution in [-0.4, -0.2) is 34.0 Å². The fourth-order valence-corrected chi connectivity index (χ4v) is 4.59. The van der Waals surface area contributed by atoms with E-state index in [1.165, 1.54) is 0 Å². The highest BCUT2D eigenvalue weighted by atomic mass is 35.5. The second-order valence-corrected chi connectivity index (χ2v) is 8.88. The van der Waals surface area contributed by atoms with Crippen molar-refractivity contribution in [3.8, 4) is 16.9 Å². The minimum Gasteiger partial charge on any atom is -0.481 e. The molecule has 5 rings (SSSR count). The summed E-state index contributed by atoms with van der Waals surface area (Å²) < 4.78 is 7.72. The zero-order valence-electron chi connectivity index (χ0n) is 19.3. The van der Waals surface area contributed by atoms with Gasteiger partial charge in [-0.1, -0.05) is 84.4 Å². The number of hydrogen-bond acceptors (Lipinski definition) is 4. The molecule has 0 radical (unpaired) electrons. The lowest BCUT2D eigenvalue weighted by Crippen LogP contribution is -2.41. The second-order valence-electron chi connectivity index (χ2n) is 8.48. The first-order valence-corrected chi connectivity index (χ1v) is 11.8. The average molecular weight is 486 g/mol. The lowest BCUT2D eigenvalue weighted by Gasteiger charge is -2.29. The Labute approximate surface area is 208 Å². The van der Waals surface area contributed by atoms with Crippen LogP contribution in [0, 0.1) is 0 Å². The molecule has 0 unspecified atom stereocenters. The topological polar surface area (TPSA) is 64.4 Å². The Kier molecular flexibility index (Phi) is 6.38. The first-order chi connectivity index (χ1) is 17.0. The molecule has 6 nitrogen and oxygen atoms in total. The summed E-state index contributed by atoms with van der Waals surface area (Å²) in [5.74, 6) is 0.269. The molecule has 0 saturated carbocycles. The number of nitrogens with zero attached hydrogens (tertiary/aromatic N) is 3. The Balaban J connectivity index is 1.57. The molecule has 0 N–H and O–H groups in total. The van der Waals surface area contributed by atoms with Crippen molar-refractivity contribution >= 4 is 17.5 Å². The van der Waals surface area contributed by atoms with E-state index in [9.17, 15) is 9.59 Å². The van der Waals surface area contributed by atoms with E-state index in [1.807, 2.05) is 83.4 Å². The van der Waals surface area contributed by atoms with Crippen molar-refractivity contribution in [1.82, 2.24) is 14.5 Å². The molecule has 35 heavy (non-hydrogen) atoms. The lowest BCUT2D eigenvalue weighted by atomic mass is 9.97. The van der Waals surface area contributed by atoms with Gasteiger partial charge in [0.05, 0.1) is 0 Å². The van der Waals surface area contributed by atoms with E-state index in [0.717, 1.165) is 22.3 Å². The summed E-state index contributed by atoms with van der Waals surface area (Å²) in [6, 6.07) is 25.1. The monoisotopic (exact) mass is 485 g/mol. The first kappa shape index (κ1) is 22.9. The molecule has 1 aliphatic rings. The molecule has 7 heteroatoms. The molecule has 1 amide bonds. The predicted octanol–water partition coefficient (Wildman–Crippen LogP) is 4.82. The smallest absolute Gasteiger partial charge is 0.316 e. The Morgan fingerprint density at radius 2 is 1.57 bits per heavy atom. The van der Waals surface area contributed by atoms with Crippen LogP contribution in [0.5, 0.6) is 5.75 Å². The number of likely N-dealkylation sites (N-methyl/N-ethyl adjacent to an activating group) is 1. The van der Waals surface area contributed by atoms with Gasteiger partial charge in [-0.3, -0.25) is 9.59 Å². The highest BCUT2D eigenvalue weighted by Gasteiger charge is 2.30. The summed E-state index contributed by atoms with van der Waals surface area (Å²) in [5.41, 5.74) is 3.45. The molecule has 0 bridgehead atoms. The van der Waals surface area contributed by atoms with E-state index in [-0.39, 0.29) is 24.0 Å². The maximum Gasteiger partial charge on any atom is 0.316 e. The lowest BCUT2D eigenvalue weighted by molar-refractivity contribution is 0.0735. The van der Waals surface area contributed by atoms with Gasteiger partial charge in [-0.2, -0.15) is 4.98 Å². The normalized spacial score (nSPS) is 13.0. The second kappa shape index (κ2) is 9.76. The SMILES string of the molecule is CN1CCn2c(Cc3ccccc3-c3ccccc3Cl)nc(=O)c(OCc3ccccc3)c2C1=O. The van der Waals surface area contributed by atoms with Gasteiger partial charge in [0, 0.05) is 37.1 Å². The number of aromatic nitrogens is 2. The minimum absolute atomic E-state index is 0.00598. The zero-order chi connectivity index (χ0) is 24.4. The molecule has 176 valence electrons. The van der Waals surface area contributed by atoms with Gasteiger partial charge < -0.3 is 14.2 Å². The quantitative estimate of drug-likeness (QED) is 0.393. The number of carbonyl (C=O) groups excluding carboxylic acids is 1. The van der Waals surface area contributed by atoms with Gasteiger partial charge in [-0.15, -0.1) is 0 Å². The van der Waals surface area contributed by atoms with Gasteiger partial charge in [0.2, 0.25) is 5.75 Å². The molecule has 1 aliphatic heterocycles. The van der Waals surface area contributed by atoms with Gasteiger partial charge in [0.15, 0.2) is 5.69 Å². The first-order valence-electron chi connectivity index (χ1n) is 11.4. The predicted molar refractivity (Wildman–Crippen MR) is 136 cm³/mol. The van der Waals surface area contributed by atoms with Crippen molar-refractivity contribution in [2.24, 2.45) is 0 Å². The molecule has 0 atom stereocenters. The fraction of sp³-hybridized carbons (Fsp3) is 0.179. The van der Waals surface area contributed by atoms with E-state index in [0.29, 0.717) is 30.4 Å². The molecular weight excluding hydrogens is 462 g/mol. The van der Waals surface area contributed by atoms with Crippen LogP contribution in [0.2, 0.25) is 5.02 Å². The number of carbonyl (C=O) groups is 1. The number of halogens is 1. The van der Waals surface area contributed by atoms with Crippen LogP contribution in [-0.2, 0) is 19.6 Å². The molecule has 0 spiro atoms. The van der Waals surface area contributed by atoms with Crippen LogP contribution >= 0.6 is 11.6 Å². The molecule has 0 aliphatic carbocycles. The third-order valence-electron chi connectivity index (χ3n) is 6.19. The maximum atomic E-state index is 13.2. The minimum atomic E-state index is -0.541. The molecule has 0 fully saturated rings. The molecule has 4 aromatic rings. The summed E-state index contributed by atoms with van der Waals surface area (Å²) in [7, 11) is 1.73.